The summed E-state index contributed by atoms with van der Waals surface area (Å²) in [5.74, 6) is 0. The van der Waals surface area contributed by atoms with E-state index in [0.29, 0.717) is 0 Å². The molecule has 0 amide bonds. The summed E-state index contributed by atoms with van der Waals surface area (Å²) < 4.78 is 11.2. The van der Waals surface area contributed by atoms with E-state index in [-0.39, 0.29) is 23.9 Å². The van der Waals surface area contributed by atoms with Crippen molar-refractivity contribution in [3.05, 3.63) is 0 Å². The lowest BCUT2D eigenvalue weighted by Gasteiger charge is -2.25. The van der Waals surface area contributed by atoms with E-state index in [1.54, 1.807) is 0 Å². The average molecular weight is 158 g/mol. The van der Waals surface area contributed by atoms with Crippen LogP contribution in [0.1, 0.15) is 34.6 Å². The highest BCUT2D eigenvalue weighted by Crippen LogP contribution is 2.31. The third kappa shape index (κ3) is 1.94. The van der Waals surface area contributed by atoms with Gasteiger partial charge in [-0.3, -0.25) is 0 Å². The van der Waals surface area contributed by atoms with Crippen molar-refractivity contribution in [2.45, 2.75) is 53.1 Å². The molecule has 11 heavy (non-hydrogen) atoms. The lowest BCUT2D eigenvalue weighted by Crippen LogP contribution is -2.27. The minimum Gasteiger partial charge on any atom is -0.346 e. The molecule has 0 spiro atoms. The van der Waals surface area contributed by atoms with E-state index in [0.717, 1.165) is 0 Å². The molecule has 0 aromatic heterocycles. The van der Waals surface area contributed by atoms with Crippen molar-refractivity contribution in [3.63, 3.8) is 0 Å². The number of hydrogen-bond acceptors (Lipinski definition) is 2. The largest absolute Gasteiger partial charge is 0.346 e. The van der Waals surface area contributed by atoms with Gasteiger partial charge in [-0.2, -0.15) is 0 Å². The van der Waals surface area contributed by atoms with Gasteiger partial charge in [0.15, 0.2) is 6.29 Å². The zero-order valence-corrected chi connectivity index (χ0v) is 8.05. The van der Waals surface area contributed by atoms with Gasteiger partial charge in [0.1, 0.15) is 0 Å². The molecule has 0 saturated carbocycles. The van der Waals surface area contributed by atoms with Crippen molar-refractivity contribution in [3.8, 4) is 0 Å². The van der Waals surface area contributed by atoms with Gasteiger partial charge < -0.3 is 9.47 Å². The molecule has 2 unspecified atom stereocenters. The molecule has 0 bridgehead atoms. The van der Waals surface area contributed by atoms with Crippen LogP contribution in [0.4, 0.5) is 0 Å². The predicted octanol–water partition coefficient (Wildman–Crippen LogP) is 2.18. The van der Waals surface area contributed by atoms with E-state index in [2.05, 4.69) is 34.6 Å². The average Bonchev–Trinajstić information content (AvgIpc) is 2.11. The molecule has 1 heterocycles. The first-order chi connectivity index (χ1) is 4.91. The molecule has 66 valence electrons. The molecule has 0 N–H and O–H groups in total. The fourth-order valence-electron chi connectivity index (χ4n) is 1.05. The van der Waals surface area contributed by atoms with E-state index >= 15 is 0 Å². The van der Waals surface area contributed by atoms with Gasteiger partial charge in [0, 0.05) is 5.41 Å². The Morgan fingerprint density at radius 3 is 1.45 bits per heavy atom. The topological polar surface area (TPSA) is 18.5 Å². The standard InChI is InChI=1S/C9H18O2/c1-6-7(2)11-8(10-6)9(3,4)5/h6-8H,1-5H3. The van der Waals surface area contributed by atoms with Crippen molar-refractivity contribution in [2.75, 3.05) is 0 Å². The van der Waals surface area contributed by atoms with Gasteiger partial charge >= 0.3 is 0 Å². The van der Waals surface area contributed by atoms with Crippen LogP contribution in [0.5, 0.6) is 0 Å². The Bertz CT molecular complexity index is 127. The van der Waals surface area contributed by atoms with Gasteiger partial charge in [0.25, 0.3) is 0 Å². The van der Waals surface area contributed by atoms with Gasteiger partial charge in [0.05, 0.1) is 12.2 Å². The first kappa shape index (κ1) is 9.01. The minimum absolute atomic E-state index is 0.0347. The fraction of sp³-hybridized carbons (Fsp3) is 1.00. The van der Waals surface area contributed by atoms with Crippen LogP contribution in [0.2, 0.25) is 0 Å². The van der Waals surface area contributed by atoms with Crippen LogP contribution in [0.25, 0.3) is 0 Å². The molecule has 2 nitrogen and oxygen atoms in total. The Labute approximate surface area is 68.9 Å². The summed E-state index contributed by atoms with van der Waals surface area (Å²) in [6, 6.07) is 0. The highest BCUT2D eigenvalue weighted by atomic mass is 16.7. The van der Waals surface area contributed by atoms with Gasteiger partial charge in [-0.05, 0) is 13.8 Å². The van der Waals surface area contributed by atoms with E-state index < -0.39 is 0 Å². The Morgan fingerprint density at radius 2 is 1.27 bits per heavy atom. The van der Waals surface area contributed by atoms with Gasteiger partial charge in [-0.15, -0.1) is 0 Å². The zero-order valence-electron chi connectivity index (χ0n) is 8.05. The maximum Gasteiger partial charge on any atom is 0.163 e. The molecule has 1 aliphatic rings. The van der Waals surface area contributed by atoms with Crippen LogP contribution < -0.4 is 0 Å². The second-order valence-electron chi connectivity index (χ2n) is 4.38. The highest BCUT2D eigenvalue weighted by molar-refractivity contribution is 4.76. The summed E-state index contributed by atoms with van der Waals surface area (Å²) in [4.78, 5) is 0. The first-order valence-electron chi connectivity index (χ1n) is 4.22. The lowest BCUT2D eigenvalue weighted by atomic mass is 9.96. The molecule has 0 aromatic carbocycles. The molecule has 0 aromatic rings. The molecule has 1 fully saturated rings. The molecule has 0 aliphatic carbocycles. The fourth-order valence-corrected chi connectivity index (χ4v) is 1.05. The summed E-state index contributed by atoms with van der Waals surface area (Å²) in [7, 11) is 0. The van der Waals surface area contributed by atoms with E-state index in [1.165, 1.54) is 0 Å². The predicted molar refractivity (Wildman–Crippen MR) is 44.3 cm³/mol. The summed E-state index contributed by atoms with van der Waals surface area (Å²) in [5, 5.41) is 0. The number of rotatable bonds is 0. The van der Waals surface area contributed by atoms with Gasteiger partial charge in [0.2, 0.25) is 0 Å². The van der Waals surface area contributed by atoms with Gasteiger partial charge in [-0.25, -0.2) is 0 Å². The van der Waals surface area contributed by atoms with Crippen molar-refractivity contribution < 1.29 is 9.47 Å². The molecule has 1 rings (SSSR count). The number of hydrogen-bond donors (Lipinski definition) is 0. The van der Waals surface area contributed by atoms with E-state index in [4.69, 9.17) is 9.47 Å². The van der Waals surface area contributed by atoms with E-state index in [9.17, 15) is 0 Å². The Balaban J connectivity index is 2.54. The summed E-state index contributed by atoms with van der Waals surface area (Å²) >= 11 is 0. The van der Waals surface area contributed by atoms with Crippen LogP contribution in [0.3, 0.4) is 0 Å². The second-order valence-corrected chi connectivity index (χ2v) is 4.38. The summed E-state index contributed by atoms with van der Waals surface area (Å²) in [5.41, 5.74) is 0.0962. The first-order valence-corrected chi connectivity index (χ1v) is 4.22. The van der Waals surface area contributed by atoms with Gasteiger partial charge in [-0.1, -0.05) is 20.8 Å². The zero-order chi connectivity index (χ0) is 8.65. The second kappa shape index (κ2) is 2.76. The molecular formula is C9H18O2. The van der Waals surface area contributed by atoms with Crippen LogP contribution in [-0.2, 0) is 9.47 Å². The van der Waals surface area contributed by atoms with Crippen molar-refractivity contribution in [1.29, 1.82) is 0 Å². The summed E-state index contributed by atoms with van der Waals surface area (Å²) in [6.07, 6.45) is 0.436. The van der Waals surface area contributed by atoms with Crippen LogP contribution in [0, 0.1) is 5.41 Å². The van der Waals surface area contributed by atoms with Crippen molar-refractivity contribution in [1.82, 2.24) is 0 Å². The Kier molecular flexibility index (Phi) is 2.26. The van der Waals surface area contributed by atoms with Crippen LogP contribution in [0.15, 0.2) is 0 Å². The maximum absolute atomic E-state index is 5.62. The quantitative estimate of drug-likeness (QED) is 0.538. The minimum atomic E-state index is -0.0347. The Hall–Kier alpha value is -0.0800. The third-order valence-corrected chi connectivity index (χ3v) is 2.04. The molecule has 2 heteroatoms. The SMILES string of the molecule is CC1OC(C(C)(C)C)OC1C. The molecule has 0 radical (unpaired) electrons. The van der Waals surface area contributed by atoms with E-state index in [1.807, 2.05) is 0 Å². The summed E-state index contributed by atoms with van der Waals surface area (Å²) in [6.45, 7) is 10.5. The molecule has 1 aliphatic heterocycles. The smallest absolute Gasteiger partial charge is 0.163 e. The Morgan fingerprint density at radius 1 is 0.909 bits per heavy atom. The molecule has 2 atom stereocenters. The molecular weight excluding hydrogens is 140 g/mol. The third-order valence-electron chi connectivity index (χ3n) is 2.04. The van der Waals surface area contributed by atoms with Crippen molar-refractivity contribution >= 4 is 0 Å². The van der Waals surface area contributed by atoms with Crippen molar-refractivity contribution in [2.24, 2.45) is 5.41 Å². The van der Waals surface area contributed by atoms with Crippen LogP contribution >= 0.6 is 0 Å². The molecule has 1 saturated heterocycles. The normalized spacial score (nSPS) is 39.5. The number of ether oxygens (including phenoxy) is 2. The lowest BCUT2D eigenvalue weighted by molar-refractivity contribution is -0.128. The highest BCUT2D eigenvalue weighted by Gasteiger charge is 2.37. The monoisotopic (exact) mass is 158 g/mol. The maximum atomic E-state index is 5.62. The van der Waals surface area contributed by atoms with Crippen LogP contribution in [-0.4, -0.2) is 18.5 Å².